The lowest BCUT2D eigenvalue weighted by Crippen LogP contribution is -2.36. The molecular weight excluding hydrogens is 188 g/mol. The number of benzene rings is 1. The predicted molar refractivity (Wildman–Crippen MR) is 64.8 cm³/mol. The van der Waals surface area contributed by atoms with Gasteiger partial charge in [-0.15, -0.1) is 0 Å². The van der Waals surface area contributed by atoms with Gasteiger partial charge in [0.15, 0.2) is 0 Å². The van der Waals surface area contributed by atoms with Crippen molar-refractivity contribution in [3.63, 3.8) is 0 Å². The molecule has 0 aliphatic carbocycles. The van der Waals surface area contributed by atoms with Crippen LogP contribution in [0.1, 0.15) is 25.3 Å². The van der Waals surface area contributed by atoms with Crippen molar-refractivity contribution in [1.29, 1.82) is 0 Å². The molecule has 0 heterocycles. The van der Waals surface area contributed by atoms with Gasteiger partial charge in [-0.3, -0.25) is 10.4 Å². The summed E-state index contributed by atoms with van der Waals surface area (Å²) in [5.74, 6) is 6.35. The molecular formula is C11H18N4. The van der Waals surface area contributed by atoms with Crippen molar-refractivity contribution in [3.05, 3.63) is 29.8 Å². The van der Waals surface area contributed by atoms with Crippen molar-refractivity contribution in [3.8, 4) is 0 Å². The molecule has 0 fully saturated rings. The van der Waals surface area contributed by atoms with Crippen LogP contribution in [0.15, 0.2) is 29.3 Å². The van der Waals surface area contributed by atoms with E-state index in [0.717, 1.165) is 5.69 Å². The van der Waals surface area contributed by atoms with Crippen LogP contribution in [0, 0.1) is 0 Å². The highest BCUT2D eigenvalue weighted by molar-refractivity contribution is 5.93. The van der Waals surface area contributed by atoms with E-state index in [-0.39, 0.29) is 0 Å². The van der Waals surface area contributed by atoms with Gasteiger partial charge in [-0.1, -0.05) is 26.0 Å². The molecule has 0 aliphatic rings. The summed E-state index contributed by atoms with van der Waals surface area (Å²) in [5.41, 5.74) is 4.76. The number of anilines is 1. The van der Waals surface area contributed by atoms with E-state index in [1.807, 2.05) is 12.1 Å². The minimum Gasteiger partial charge on any atom is -0.325 e. The summed E-state index contributed by atoms with van der Waals surface area (Å²) in [4.78, 5) is 3.95. The highest BCUT2D eigenvalue weighted by Crippen LogP contribution is 2.18. The first-order chi connectivity index (χ1) is 7.17. The van der Waals surface area contributed by atoms with E-state index >= 15 is 0 Å². The van der Waals surface area contributed by atoms with Crippen LogP contribution in [-0.2, 0) is 0 Å². The van der Waals surface area contributed by atoms with E-state index in [1.54, 1.807) is 7.05 Å². The molecule has 0 aliphatic heterocycles. The summed E-state index contributed by atoms with van der Waals surface area (Å²) < 4.78 is 0. The number of aliphatic imine (C=N–C) groups is 1. The fraction of sp³-hybridized carbons (Fsp3) is 0.364. The van der Waals surface area contributed by atoms with Crippen LogP contribution in [0.5, 0.6) is 0 Å². The van der Waals surface area contributed by atoms with Crippen molar-refractivity contribution in [2.75, 3.05) is 12.4 Å². The third-order valence-corrected chi connectivity index (χ3v) is 2.18. The molecule has 0 bridgehead atoms. The van der Waals surface area contributed by atoms with E-state index in [1.165, 1.54) is 5.56 Å². The zero-order valence-electron chi connectivity index (χ0n) is 9.41. The number of guanidine groups is 1. The average Bonchev–Trinajstić information content (AvgIpc) is 2.26. The van der Waals surface area contributed by atoms with Crippen LogP contribution in [0.2, 0.25) is 0 Å². The molecule has 0 amide bonds. The van der Waals surface area contributed by atoms with E-state index in [0.29, 0.717) is 11.9 Å². The second-order valence-corrected chi connectivity index (χ2v) is 3.62. The number of hydrazine groups is 1. The Balaban J connectivity index is 2.82. The van der Waals surface area contributed by atoms with Crippen LogP contribution in [-0.4, -0.2) is 13.0 Å². The molecule has 1 aromatic carbocycles. The Labute approximate surface area is 90.6 Å². The van der Waals surface area contributed by atoms with Crippen molar-refractivity contribution in [1.82, 2.24) is 5.43 Å². The quantitative estimate of drug-likeness (QED) is 0.298. The molecule has 4 nitrogen and oxygen atoms in total. The standard InChI is InChI=1S/C11H18N4/c1-8(2)9-5-4-6-10(7-9)14-11(13-3)15-12/h4-8H,12H2,1-3H3,(H2,13,14,15). The van der Waals surface area contributed by atoms with E-state index < -0.39 is 0 Å². The first-order valence-corrected chi connectivity index (χ1v) is 4.97. The smallest absolute Gasteiger partial charge is 0.209 e. The van der Waals surface area contributed by atoms with Crippen molar-refractivity contribution >= 4 is 11.6 Å². The van der Waals surface area contributed by atoms with Crippen LogP contribution in [0.4, 0.5) is 5.69 Å². The second kappa shape index (κ2) is 5.36. The van der Waals surface area contributed by atoms with E-state index in [4.69, 9.17) is 5.84 Å². The number of nitrogens with one attached hydrogen (secondary N) is 2. The van der Waals surface area contributed by atoms with Gasteiger partial charge < -0.3 is 5.32 Å². The molecule has 0 saturated carbocycles. The highest BCUT2D eigenvalue weighted by atomic mass is 15.3. The Morgan fingerprint density at radius 3 is 2.67 bits per heavy atom. The molecule has 15 heavy (non-hydrogen) atoms. The summed E-state index contributed by atoms with van der Waals surface area (Å²) in [6, 6.07) is 8.19. The normalized spacial score (nSPS) is 11.7. The molecule has 0 saturated heterocycles. The Bertz CT molecular complexity index is 344. The minimum absolute atomic E-state index is 0.514. The number of hydrogen-bond acceptors (Lipinski definition) is 2. The molecule has 82 valence electrons. The zero-order valence-corrected chi connectivity index (χ0v) is 9.41. The summed E-state index contributed by atoms with van der Waals surface area (Å²) in [6.07, 6.45) is 0. The number of hydrogen-bond donors (Lipinski definition) is 3. The summed E-state index contributed by atoms with van der Waals surface area (Å²) >= 11 is 0. The van der Waals surface area contributed by atoms with Gasteiger partial charge >= 0.3 is 0 Å². The first-order valence-electron chi connectivity index (χ1n) is 4.97. The monoisotopic (exact) mass is 206 g/mol. The topological polar surface area (TPSA) is 62.4 Å². The average molecular weight is 206 g/mol. The van der Waals surface area contributed by atoms with Gasteiger partial charge in [-0.2, -0.15) is 0 Å². The summed E-state index contributed by atoms with van der Waals surface area (Å²) in [6.45, 7) is 4.32. The van der Waals surface area contributed by atoms with Gasteiger partial charge in [-0.25, -0.2) is 5.84 Å². The Kier molecular flexibility index (Phi) is 4.12. The first kappa shape index (κ1) is 11.5. The maximum absolute atomic E-state index is 5.29. The molecule has 0 spiro atoms. The maximum atomic E-state index is 5.29. The van der Waals surface area contributed by atoms with Crippen LogP contribution >= 0.6 is 0 Å². The Morgan fingerprint density at radius 2 is 2.13 bits per heavy atom. The fourth-order valence-electron chi connectivity index (χ4n) is 1.27. The van der Waals surface area contributed by atoms with Gasteiger partial charge in [0.05, 0.1) is 0 Å². The molecule has 0 aromatic heterocycles. The lowest BCUT2D eigenvalue weighted by molar-refractivity contribution is 0.867. The molecule has 0 unspecified atom stereocenters. The molecule has 4 heteroatoms. The third-order valence-electron chi connectivity index (χ3n) is 2.18. The molecule has 1 aromatic rings. The maximum Gasteiger partial charge on any atom is 0.209 e. The SMILES string of the molecule is CN=C(NN)Nc1cccc(C(C)C)c1. The second-order valence-electron chi connectivity index (χ2n) is 3.62. The Morgan fingerprint density at radius 1 is 1.40 bits per heavy atom. The van der Waals surface area contributed by atoms with Crippen molar-refractivity contribution in [2.45, 2.75) is 19.8 Å². The largest absolute Gasteiger partial charge is 0.325 e. The van der Waals surface area contributed by atoms with Gasteiger partial charge in [0.1, 0.15) is 0 Å². The van der Waals surface area contributed by atoms with Crippen LogP contribution in [0.25, 0.3) is 0 Å². The predicted octanol–water partition coefficient (Wildman–Crippen LogP) is 1.67. The third kappa shape index (κ3) is 3.25. The molecule has 4 N–H and O–H groups in total. The van der Waals surface area contributed by atoms with Crippen LogP contribution in [0.3, 0.4) is 0 Å². The van der Waals surface area contributed by atoms with Gasteiger partial charge in [0, 0.05) is 12.7 Å². The molecule has 0 radical (unpaired) electrons. The summed E-state index contributed by atoms with van der Waals surface area (Å²) in [5, 5.41) is 3.09. The van der Waals surface area contributed by atoms with Crippen molar-refractivity contribution < 1.29 is 0 Å². The van der Waals surface area contributed by atoms with Crippen LogP contribution < -0.4 is 16.6 Å². The minimum atomic E-state index is 0.514. The zero-order chi connectivity index (χ0) is 11.3. The summed E-state index contributed by atoms with van der Waals surface area (Å²) in [7, 11) is 1.68. The number of nitrogens with zero attached hydrogens (tertiary/aromatic N) is 1. The molecule has 0 atom stereocenters. The van der Waals surface area contributed by atoms with Gasteiger partial charge in [-0.05, 0) is 23.6 Å². The van der Waals surface area contributed by atoms with Gasteiger partial charge in [0.25, 0.3) is 0 Å². The van der Waals surface area contributed by atoms with Gasteiger partial charge in [0.2, 0.25) is 5.96 Å². The number of nitrogens with two attached hydrogens (primary N) is 1. The lowest BCUT2D eigenvalue weighted by atomic mass is 10.0. The lowest BCUT2D eigenvalue weighted by Gasteiger charge is -2.11. The Hall–Kier alpha value is -1.55. The highest BCUT2D eigenvalue weighted by Gasteiger charge is 2.01. The van der Waals surface area contributed by atoms with E-state index in [2.05, 4.69) is 41.7 Å². The fourth-order valence-corrected chi connectivity index (χ4v) is 1.27. The molecule has 1 rings (SSSR count). The van der Waals surface area contributed by atoms with Crippen molar-refractivity contribution in [2.24, 2.45) is 10.8 Å². The number of rotatable bonds is 2. The van der Waals surface area contributed by atoms with E-state index in [9.17, 15) is 0 Å².